The van der Waals surface area contributed by atoms with Crippen LogP contribution in [-0.2, 0) is 14.3 Å². The fraction of sp³-hybridized carbons (Fsp3) is 0.850. The Kier molecular flexibility index (Phi) is 13.5. The highest BCUT2D eigenvalue weighted by atomic mass is 16.5. The Hall–Kier alpha value is -1.07. The number of rotatable bonds is 15. The Balaban J connectivity index is 3.96. The molecule has 0 aliphatic rings. The topological polar surface area (TPSA) is 59.6 Å². The van der Waals surface area contributed by atoms with Gasteiger partial charge in [-0.15, -0.1) is 0 Å². The molecule has 2 atom stereocenters. The second-order valence-corrected chi connectivity index (χ2v) is 7.53. The number of hydrogen-bond donors (Lipinski definition) is 2. The van der Waals surface area contributed by atoms with Gasteiger partial charge in [0.2, 0.25) is 0 Å². The Morgan fingerprint density at radius 3 is 1.76 bits per heavy atom. The summed E-state index contributed by atoms with van der Waals surface area (Å²) in [5.74, 6) is 1.72. The van der Waals surface area contributed by atoms with Crippen molar-refractivity contribution in [2.24, 2.45) is 11.8 Å². The highest BCUT2D eigenvalue weighted by Crippen LogP contribution is 2.12. The Morgan fingerprint density at radius 1 is 0.840 bits per heavy atom. The molecule has 0 rings (SSSR count). The van der Waals surface area contributed by atoms with E-state index < -0.39 is 0 Å². The minimum atomic E-state index is -0.191. The summed E-state index contributed by atoms with van der Waals surface area (Å²) in [6.07, 6.45) is 5.10. The van der Waals surface area contributed by atoms with Crippen molar-refractivity contribution in [2.75, 3.05) is 27.3 Å². The van der Waals surface area contributed by atoms with Crippen molar-refractivity contribution in [1.29, 1.82) is 0 Å². The van der Waals surface area contributed by atoms with Crippen molar-refractivity contribution in [1.82, 2.24) is 10.6 Å². The summed E-state index contributed by atoms with van der Waals surface area (Å²) in [6, 6.07) is 0.0291. The molecule has 0 amide bonds. The van der Waals surface area contributed by atoms with Gasteiger partial charge in [0, 0.05) is 0 Å². The van der Waals surface area contributed by atoms with E-state index in [4.69, 9.17) is 9.47 Å². The van der Waals surface area contributed by atoms with Crippen LogP contribution in [0.2, 0.25) is 0 Å². The lowest BCUT2D eigenvalue weighted by atomic mass is 10.0. The summed E-state index contributed by atoms with van der Waals surface area (Å²) >= 11 is 0. The molecule has 0 aliphatic carbocycles. The lowest BCUT2D eigenvalue weighted by molar-refractivity contribution is -0.143. The maximum Gasteiger partial charge on any atom is 0.322 e. The first-order valence-electron chi connectivity index (χ1n) is 9.59. The molecule has 148 valence electrons. The minimum Gasteiger partial charge on any atom is -0.500 e. The van der Waals surface area contributed by atoms with Crippen LogP contribution in [0.5, 0.6) is 0 Å². The van der Waals surface area contributed by atoms with Gasteiger partial charge in [-0.05, 0) is 50.6 Å². The van der Waals surface area contributed by atoms with E-state index in [2.05, 4.69) is 44.9 Å². The summed E-state index contributed by atoms with van der Waals surface area (Å²) in [4.78, 5) is 11.8. The lowest BCUT2D eigenvalue weighted by Crippen LogP contribution is -2.39. The van der Waals surface area contributed by atoms with Crippen LogP contribution < -0.4 is 10.6 Å². The van der Waals surface area contributed by atoms with Gasteiger partial charge >= 0.3 is 5.97 Å². The molecule has 25 heavy (non-hydrogen) atoms. The van der Waals surface area contributed by atoms with Crippen LogP contribution in [0.3, 0.4) is 0 Å². The standard InChI is InChI=1S/C20H40N2O3/c1-15(2)13-18(17(5)24-6)21-11-9-8-10-12-22-19(14-16(3)4)20(23)25-7/h15-16,18-19,21-22H,5,8-14H2,1-4,6-7H3. The van der Waals surface area contributed by atoms with Crippen LogP contribution in [0.25, 0.3) is 0 Å². The number of unbranched alkanes of at least 4 members (excludes halogenated alkanes) is 2. The third kappa shape index (κ3) is 12.0. The summed E-state index contributed by atoms with van der Waals surface area (Å²) in [5, 5.41) is 6.86. The zero-order chi connectivity index (χ0) is 19.2. The van der Waals surface area contributed by atoms with Crippen LogP contribution in [0.1, 0.15) is 59.8 Å². The predicted molar refractivity (Wildman–Crippen MR) is 105 cm³/mol. The highest BCUT2D eigenvalue weighted by Gasteiger charge is 2.19. The molecule has 0 aromatic rings. The predicted octanol–water partition coefficient (Wildman–Crippen LogP) is 3.50. The normalized spacial score (nSPS) is 13.8. The quantitative estimate of drug-likeness (QED) is 0.267. The van der Waals surface area contributed by atoms with Gasteiger partial charge in [-0.3, -0.25) is 4.79 Å². The molecule has 0 aromatic carbocycles. The number of carbonyl (C=O) groups excluding carboxylic acids is 1. The third-order valence-electron chi connectivity index (χ3n) is 4.19. The molecule has 0 heterocycles. The smallest absolute Gasteiger partial charge is 0.322 e. The third-order valence-corrected chi connectivity index (χ3v) is 4.19. The SMILES string of the molecule is C=C(OC)C(CC(C)C)NCCCCCNC(CC(C)C)C(=O)OC. The van der Waals surface area contributed by atoms with Crippen LogP contribution in [-0.4, -0.2) is 45.4 Å². The van der Waals surface area contributed by atoms with Gasteiger partial charge in [-0.2, -0.15) is 0 Å². The first-order valence-corrected chi connectivity index (χ1v) is 9.59. The molecule has 2 unspecified atom stereocenters. The maximum atomic E-state index is 11.8. The second-order valence-electron chi connectivity index (χ2n) is 7.53. The molecule has 0 radical (unpaired) electrons. The fourth-order valence-corrected chi connectivity index (χ4v) is 2.80. The highest BCUT2D eigenvalue weighted by molar-refractivity contribution is 5.75. The molecule has 0 aromatic heterocycles. The van der Waals surface area contributed by atoms with Crippen molar-refractivity contribution in [3.8, 4) is 0 Å². The molecular weight excluding hydrogens is 316 g/mol. The molecule has 0 saturated heterocycles. The Labute approximate surface area is 154 Å². The van der Waals surface area contributed by atoms with Crippen molar-refractivity contribution in [3.05, 3.63) is 12.3 Å². The van der Waals surface area contributed by atoms with E-state index in [1.54, 1.807) is 7.11 Å². The molecule has 0 bridgehead atoms. The fourth-order valence-electron chi connectivity index (χ4n) is 2.80. The van der Waals surface area contributed by atoms with Crippen molar-refractivity contribution in [2.45, 2.75) is 71.9 Å². The molecule has 0 fully saturated rings. The summed E-state index contributed by atoms with van der Waals surface area (Å²) in [7, 11) is 3.13. The monoisotopic (exact) mass is 356 g/mol. The molecule has 5 nitrogen and oxygen atoms in total. The maximum absolute atomic E-state index is 11.8. The number of carbonyl (C=O) groups is 1. The van der Waals surface area contributed by atoms with Crippen molar-refractivity contribution < 1.29 is 14.3 Å². The van der Waals surface area contributed by atoms with Gasteiger partial charge in [0.15, 0.2) is 0 Å². The zero-order valence-corrected chi connectivity index (χ0v) is 17.2. The molecule has 0 spiro atoms. The Morgan fingerprint density at radius 2 is 1.32 bits per heavy atom. The Bertz CT molecular complexity index is 336. The zero-order valence-electron chi connectivity index (χ0n) is 17.2. The van der Waals surface area contributed by atoms with Gasteiger partial charge in [-0.1, -0.05) is 40.7 Å². The second kappa shape index (κ2) is 14.1. The average molecular weight is 357 g/mol. The van der Waals surface area contributed by atoms with E-state index in [0.29, 0.717) is 11.8 Å². The molecular formula is C20H40N2O3. The lowest BCUT2D eigenvalue weighted by Gasteiger charge is -2.22. The number of esters is 1. The number of nitrogens with one attached hydrogen (secondary N) is 2. The van der Waals surface area contributed by atoms with Crippen molar-refractivity contribution in [3.63, 3.8) is 0 Å². The van der Waals surface area contributed by atoms with E-state index in [1.807, 2.05) is 0 Å². The van der Waals surface area contributed by atoms with E-state index >= 15 is 0 Å². The first-order chi connectivity index (χ1) is 11.8. The van der Waals surface area contributed by atoms with Crippen LogP contribution in [0.15, 0.2) is 12.3 Å². The van der Waals surface area contributed by atoms with Gasteiger partial charge in [0.05, 0.1) is 20.3 Å². The van der Waals surface area contributed by atoms with Gasteiger partial charge < -0.3 is 20.1 Å². The first kappa shape index (κ1) is 23.9. The van der Waals surface area contributed by atoms with Crippen molar-refractivity contribution >= 4 is 5.97 Å². The van der Waals surface area contributed by atoms with Crippen LogP contribution in [0, 0.1) is 11.8 Å². The van der Waals surface area contributed by atoms with Crippen LogP contribution in [0.4, 0.5) is 0 Å². The number of hydrogen-bond acceptors (Lipinski definition) is 5. The summed E-state index contributed by atoms with van der Waals surface area (Å²) in [6.45, 7) is 14.4. The molecule has 2 N–H and O–H groups in total. The molecule has 5 heteroatoms. The number of methoxy groups -OCH3 is 2. The molecule has 0 aliphatic heterocycles. The van der Waals surface area contributed by atoms with Gasteiger partial charge in [0.25, 0.3) is 0 Å². The summed E-state index contributed by atoms with van der Waals surface area (Å²) in [5.41, 5.74) is 0. The molecule has 0 saturated carbocycles. The average Bonchev–Trinajstić information content (AvgIpc) is 2.56. The largest absolute Gasteiger partial charge is 0.500 e. The van der Waals surface area contributed by atoms with Gasteiger partial charge in [0.1, 0.15) is 11.8 Å². The van der Waals surface area contributed by atoms with E-state index in [-0.39, 0.29) is 18.1 Å². The van der Waals surface area contributed by atoms with Gasteiger partial charge in [-0.25, -0.2) is 0 Å². The van der Waals surface area contributed by atoms with E-state index in [1.165, 1.54) is 7.11 Å². The minimum absolute atomic E-state index is 0.162. The van der Waals surface area contributed by atoms with E-state index in [0.717, 1.165) is 51.0 Å². The summed E-state index contributed by atoms with van der Waals surface area (Å²) < 4.78 is 10.2. The number of ether oxygens (including phenoxy) is 2. The van der Waals surface area contributed by atoms with Crippen LogP contribution >= 0.6 is 0 Å². The van der Waals surface area contributed by atoms with E-state index in [9.17, 15) is 4.79 Å².